The summed E-state index contributed by atoms with van der Waals surface area (Å²) in [5.41, 5.74) is -3.45. The lowest BCUT2D eigenvalue weighted by Crippen LogP contribution is -2.60. The van der Waals surface area contributed by atoms with Crippen LogP contribution in [-0.4, -0.2) is 64.5 Å². The lowest BCUT2D eigenvalue weighted by atomic mass is 9.87. The predicted octanol–water partition coefficient (Wildman–Crippen LogP) is 6.66. The van der Waals surface area contributed by atoms with E-state index in [1.54, 1.807) is 39.0 Å². The van der Waals surface area contributed by atoms with Gasteiger partial charge in [-0.05, 0) is 69.4 Å². The molecule has 42 heavy (non-hydrogen) atoms. The number of piperidine rings is 1. The van der Waals surface area contributed by atoms with E-state index in [2.05, 4.69) is 0 Å². The van der Waals surface area contributed by atoms with Gasteiger partial charge in [0, 0.05) is 18.6 Å². The Labute approximate surface area is 240 Å². The third-order valence-corrected chi connectivity index (χ3v) is 6.85. The van der Waals surface area contributed by atoms with Crippen LogP contribution in [0.4, 0.5) is 35.9 Å². The lowest BCUT2D eigenvalue weighted by molar-refractivity contribution is -0.143. The third kappa shape index (κ3) is 8.52. The molecule has 7 nitrogen and oxygen atoms in total. The summed E-state index contributed by atoms with van der Waals surface area (Å²) in [7, 11) is 1.05. The first-order chi connectivity index (χ1) is 19.4. The highest BCUT2D eigenvalue weighted by Gasteiger charge is 2.44. The number of hydrogen-bond acceptors (Lipinski definition) is 5. The van der Waals surface area contributed by atoms with E-state index in [1.165, 1.54) is 4.90 Å². The van der Waals surface area contributed by atoms with Crippen molar-refractivity contribution in [3.8, 4) is 0 Å². The molecule has 1 N–H and O–H groups in total. The van der Waals surface area contributed by atoms with Crippen LogP contribution in [0, 0.1) is 0 Å². The second-order valence-electron chi connectivity index (χ2n) is 11.2. The van der Waals surface area contributed by atoms with E-state index in [-0.39, 0.29) is 25.3 Å². The van der Waals surface area contributed by atoms with Crippen LogP contribution < -0.4 is 0 Å². The number of carbonyl (C=O) groups is 2. The van der Waals surface area contributed by atoms with Gasteiger partial charge in [-0.2, -0.15) is 26.3 Å². The van der Waals surface area contributed by atoms with Crippen molar-refractivity contribution < 1.29 is 50.5 Å². The van der Waals surface area contributed by atoms with Crippen molar-refractivity contribution in [1.82, 2.24) is 9.80 Å². The van der Waals surface area contributed by atoms with E-state index < -0.39 is 78.1 Å². The molecule has 3 rings (SSSR count). The molecule has 1 aliphatic rings. The van der Waals surface area contributed by atoms with Gasteiger partial charge in [-0.15, -0.1) is 0 Å². The summed E-state index contributed by atoms with van der Waals surface area (Å²) in [6.07, 6.45) is -11.5. The molecule has 2 aromatic rings. The molecule has 1 fully saturated rings. The normalized spacial score (nSPS) is 19.8. The molecular formula is C29H34F6N2O5. The predicted molar refractivity (Wildman–Crippen MR) is 140 cm³/mol. The molecule has 1 aliphatic heterocycles. The van der Waals surface area contributed by atoms with E-state index >= 15 is 0 Å². The molecule has 3 atom stereocenters. The van der Waals surface area contributed by atoms with Gasteiger partial charge < -0.3 is 19.5 Å². The zero-order valence-electron chi connectivity index (χ0n) is 23.6. The molecule has 0 spiro atoms. The summed E-state index contributed by atoms with van der Waals surface area (Å²) in [5.74, 6) is 0. The maximum atomic E-state index is 13.5. The van der Waals surface area contributed by atoms with Gasteiger partial charge in [0.1, 0.15) is 5.60 Å². The third-order valence-electron chi connectivity index (χ3n) is 6.85. The van der Waals surface area contributed by atoms with Crippen molar-refractivity contribution >= 4 is 12.2 Å². The zero-order chi connectivity index (χ0) is 31.5. The van der Waals surface area contributed by atoms with Crippen LogP contribution in [0.3, 0.4) is 0 Å². The molecule has 0 aliphatic carbocycles. The lowest BCUT2D eigenvalue weighted by Gasteiger charge is -2.47. The SMILES string of the molecule is COC(=O)N(Cc1cc(C(F)(F)F)cc(C(F)(F)F)c1)[C@H]1C[C@@H](CO)N(C(=O)OC(C)(C)C)[C@@H](Cc2ccccc2)C1. The van der Waals surface area contributed by atoms with E-state index in [4.69, 9.17) is 9.47 Å². The Balaban J connectivity index is 2.03. The van der Waals surface area contributed by atoms with Gasteiger partial charge in [0.15, 0.2) is 0 Å². The fraction of sp³-hybridized carbons (Fsp3) is 0.517. The number of carbonyl (C=O) groups excluding carboxylic acids is 2. The average Bonchev–Trinajstić information content (AvgIpc) is 2.89. The second-order valence-corrected chi connectivity index (χ2v) is 11.2. The Bertz CT molecular complexity index is 1200. The number of aliphatic hydroxyl groups is 1. The zero-order valence-corrected chi connectivity index (χ0v) is 23.6. The van der Waals surface area contributed by atoms with Gasteiger partial charge >= 0.3 is 24.5 Å². The first-order valence-electron chi connectivity index (χ1n) is 13.2. The fourth-order valence-electron chi connectivity index (χ4n) is 5.11. The van der Waals surface area contributed by atoms with Gasteiger partial charge in [-0.1, -0.05) is 30.3 Å². The largest absolute Gasteiger partial charge is 0.453 e. The molecule has 2 aromatic carbocycles. The number of aliphatic hydroxyl groups excluding tert-OH is 1. The average molecular weight is 605 g/mol. The summed E-state index contributed by atoms with van der Waals surface area (Å²) in [6.45, 7) is 3.88. The molecule has 13 heteroatoms. The Morgan fingerprint density at radius 3 is 1.93 bits per heavy atom. The first-order valence-corrected chi connectivity index (χ1v) is 13.2. The maximum Gasteiger partial charge on any atom is 0.416 e. The van der Waals surface area contributed by atoms with E-state index in [0.29, 0.717) is 12.1 Å². The Hall–Kier alpha value is -3.48. The molecule has 1 saturated heterocycles. The van der Waals surface area contributed by atoms with Crippen LogP contribution in [0.25, 0.3) is 0 Å². The number of ether oxygens (including phenoxy) is 2. The van der Waals surface area contributed by atoms with Crippen LogP contribution in [-0.2, 0) is 34.8 Å². The molecule has 0 bridgehead atoms. The minimum Gasteiger partial charge on any atom is -0.453 e. The van der Waals surface area contributed by atoms with E-state index in [1.807, 2.05) is 12.1 Å². The van der Waals surface area contributed by atoms with Crippen molar-refractivity contribution in [2.45, 2.75) is 82.7 Å². The molecule has 1 heterocycles. The summed E-state index contributed by atoms with van der Waals surface area (Å²) in [4.78, 5) is 28.7. The van der Waals surface area contributed by atoms with E-state index in [9.17, 15) is 41.0 Å². The maximum absolute atomic E-state index is 13.5. The Kier molecular flexibility index (Phi) is 10.1. The molecular weight excluding hydrogens is 570 g/mol. The Morgan fingerprint density at radius 2 is 1.45 bits per heavy atom. The first kappa shape index (κ1) is 33.0. The van der Waals surface area contributed by atoms with Crippen LogP contribution in [0.15, 0.2) is 48.5 Å². The molecule has 0 unspecified atom stereocenters. The summed E-state index contributed by atoms with van der Waals surface area (Å²) in [6, 6.07) is 7.86. The van der Waals surface area contributed by atoms with Gasteiger partial charge in [-0.25, -0.2) is 9.59 Å². The van der Waals surface area contributed by atoms with Gasteiger partial charge in [0.2, 0.25) is 0 Å². The minimum atomic E-state index is -5.06. The number of nitrogens with zero attached hydrogens (tertiary/aromatic N) is 2. The van der Waals surface area contributed by atoms with Crippen molar-refractivity contribution in [2.24, 2.45) is 0 Å². The topological polar surface area (TPSA) is 79.3 Å². The van der Waals surface area contributed by atoms with E-state index in [0.717, 1.165) is 17.6 Å². The quantitative estimate of drug-likeness (QED) is 0.373. The number of amides is 2. The molecule has 232 valence electrons. The summed E-state index contributed by atoms with van der Waals surface area (Å²) >= 11 is 0. The molecule has 0 saturated carbocycles. The van der Waals surface area contributed by atoms with Crippen LogP contribution >= 0.6 is 0 Å². The summed E-state index contributed by atoms with van der Waals surface area (Å²) in [5, 5.41) is 10.3. The molecule has 2 amide bonds. The highest BCUT2D eigenvalue weighted by Crippen LogP contribution is 2.38. The number of methoxy groups -OCH3 is 1. The highest BCUT2D eigenvalue weighted by atomic mass is 19.4. The highest BCUT2D eigenvalue weighted by molar-refractivity contribution is 5.70. The van der Waals surface area contributed by atoms with Gasteiger partial charge in [0.05, 0.1) is 30.9 Å². The van der Waals surface area contributed by atoms with Crippen molar-refractivity contribution in [1.29, 1.82) is 0 Å². The number of benzene rings is 2. The second kappa shape index (κ2) is 12.8. The summed E-state index contributed by atoms with van der Waals surface area (Å²) < 4.78 is 91.4. The molecule has 0 aromatic heterocycles. The van der Waals surface area contributed by atoms with Gasteiger partial charge in [-0.3, -0.25) is 4.90 Å². The van der Waals surface area contributed by atoms with Gasteiger partial charge in [0.25, 0.3) is 0 Å². The van der Waals surface area contributed by atoms with Crippen LogP contribution in [0.1, 0.15) is 55.9 Å². The van der Waals surface area contributed by atoms with Crippen molar-refractivity contribution in [3.63, 3.8) is 0 Å². The van der Waals surface area contributed by atoms with Crippen molar-refractivity contribution in [2.75, 3.05) is 13.7 Å². The number of halogens is 6. The number of likely N-dealkylation sites (tertiary alicyclic amines) is 1. The number of rotatable bonds is 6. The molecule has 0 radical (unpaired) electrons. The minimum absolute atomic E-state index is 0.0168. The monoisotopic (exact) mass is 604 g/mol. The number of alkyl halides is 6. The van der Waals surface area contributed by atoms with Crippen molar-refractivity contribution in [3.05, 3.63) is 70.8 Å². The van der Waals surface area contributed by atoms with Crippen LogP contribution in [0.5, 0.6) is 0 Å². The standard InChI is InChI=1S/C29H34F6N2O5/c1-27(2,3)42-26(40)37-23(12-18-8-6-5-7-9-18)14-22(15-24(37)17-38)36(25(39)41-4)16-19-10-20(28(30,31)32)13-21(11-19)29(33,34)35/h5-11,13,22-24,38H,12,14-17H2,1-4H3/t22-,23+,24+/m1/s1. The van der Waals surface area contributed by atoms with Crippen LogP contribution in [0.2, 0.25) is 0 Å². The smallest absolute Gasteiger partial charge is 0.416 e. The Morgan fingerprint density at radius 1 is 0.905 bits per heavy atom. The fourth-order valence-corrected chi connectivity index (χ4v) is 5.11. The number of hydrogen-bond donors (Lipinski definition) is 1.